The highest BCUT2D eigenvalue weighted by molar-refractivity contribution is 7.99. The molecule has 2 heterocycles. The van der Waals surface area contributed by atoms with E-state index >= 15 is 0 Å². The smallest absolute Gasteiger partial charge is 0.329 e. The third-order valence-electron chi connectivity index (χ3n) is 3.44. The minimum Gasteiger partial charge on any atom is -0.480 e. The Morgan fingerprint density at radius 3 is 2.26 bits per heavy atom. The molecule has 2 saturated heterocycles. The predicted octanol–water partition coefficient (Wildman–Crippen LogP) is 0.721. The van der Waals surface area contributed by atoms with Crippen LogP contribution < -0.4 is 0 Å². The molecule has 19 heavy (non-hydrogen) atoms. The first-order chi connectivity index (χ1) is 9.16. The summed E-state index contributed by atoms with van der Waals surface area (Å²) in [7, 11) is 0. The molecule has 2 amide bonds. The Kier molecular flexibility index (Phi) is 5.33. The normalized spacial score (nSPS) is 21.5. The molecular formula is C12H20N2O4S. The van der Waals surface area contributed by atoms with Gasteiger partial charge >= 0.3 is 12.0 Å². The minimum absolute atomic E-state index is 0.0305. The molecule has 108 valence electrons. The van der Waals surface area contributed by atoms with Gasteiger partial charge in [-0.2, -0.15) is 11.8 Å². The van der Waals surface area contributed by atoms with Gasteiger partial charge < -0.3 is 19.6 Å². The Labute approximate surface area is 117 Å². The van der Waals surface area contributed by atoms with Gasteiger partial charge in [0, 0.05) is 37.7 Å². The number of carbonyl (C=O) groups excluding carboxylic acids is 1. The molecule has 7 heteroatoms. The topological polar surface area (TPSA) is 70.1 Å². The standard InChI is InChI=1S/C12H20N2O4S/c15-11(16)9-18-10-1-3-13(4-2-10)12(17)14-5-7-19-8-6-14/h10H,1-9H2,(H,15,16). The molecule has 0 bridgehead atoms. The highest BCUT2D eigenvalue weighted by Crippen LogP contribution is 2.17. The fourth-order valence-electron chi connectivity index (χ4n) is 2.36. The van der Waals surface area contributed by atoms with Gasteiger partial charge in [0.15, 0.2) is 0 Å². The van der Waals surface area contributed by atoms with Crippen molar-refractivity contribution < 1.29 is 19.4 Å². The molecule has 0 atom stereocenters. The quantitative estimate of drug-likeness (QED) is 0.828. The second-order valence-electron chi connectivity index (χ2n) is 4.77. The summed E-state index contributed by atoms with van der Waals surface area (Å²) < 4.78 is 5.26. The number of hydrogen-bond acceptors (Lipinski definition) is 4. The van der Waals surface area contributed by atoms with Crippen LogP contribution in [0.1, 0.15) is 12.8 Å². The zero-order valence-electron chi connectivity index (χ0n) is 10.9. The summed E-state index contributed by atoms with van der Waals surface area (Å²) in [6.45, 7) is 2.74. The van der Waals surface area contributed by atoms with Gasteiger partial charge in [0.05, 0.1) is 6.10 Å². The summed E-state index contributed by atoms with van der Waals surface area (Å²) in [5.41, 5.74) is 0. The number of carboxylic acids is 1. The molecule has 0 unspecified atom stereocenters. The van der Waals surface area contributed by atoms with Crippen molar-refractivity contribution in [3.05, 3.63) is 0 Å². The van der Waals surface area contributed by atoms with E-state index in [0.717, 1.165) is 37.4 Å². The lowest BCUT2D eigenvalue weighted by Gasteiger charge is -2.36. The number of carbonyl (C=O) groups is 2. The molecule has 2 aliphatic rings. The number of thioether (sulfide) groups is 1. The number of hydrogen-bond donors (Lipinski definition) is 1. The van der Waals surface area contributed by atoms with E-state index in [2.05, 4.69) is 0 Å². The summed E-state index contributed by atoms with van der Waals surface area (Å²) in [6, 6.07) is 0.122. The average Bonchev–Trinajstić information content (AvgIpc) is 2.46. The first kappa shape index (κ1) is 14.5. The number of piperidine rings is 1. The Balaban J connectivity index is 1.72. The highest BCUT2D eigenvalue weighted by atomic mass is 32.2. The van der Waals surface area contributed by atoms with E-state index in [9.17, 15) is 9.59 Å². The van der Waals surface area contributed by atoms with Crippen LogP contribution in [0.2, 0.25) is 0 Å². The Morgan fingerprint density at radius 1 is 1.11 bits per heavy atom. The van der Waals surface area contributed by atoms with E-state index in [0.29, 0.717) is 13.1 Å². The molecule has 2 rings (SSSR count). The summed E-state index contributed by atoms with van der Waals surface area (Å²) in [6.07, 6.45) is 1.42. The molecule has 0 spiro atoms. The summed E-state index contributed by atoms with van der Waals surface area (Å²) in [5.74, 6) is 1.10. The van der Waals surface area contributed by atoms with E-state index < -0.39 is 5.97 Å². The van der Waals surface area contributed by atoms with Crippen LogP contribution in [0.25, 0.3) is 0 Å². The van der Waals surface area contributed by atoms with E-state index in [4.69, 9.17) is 9.84 Å². The van der Waals surface area contributed by atoms with Crippen molar-refractivity contribution in [3.8, 4) is 0 Å². The first-order valence-corrected chi connectivity index (χ1v) is 7.77. The molecular weight excluding hydrogens is 268 g/mol. The Hall–Kier alpha value is -0.950. The van der Waals surface area contributed by atoms with Crippen LogP contribution in [-0.4, -0.2) is 77.3 Å². The summed E-state index contributed by atoms with van der Waals surface area (Å²) in [4.78, 5) is 26.4. The molecule has 2 fully saturated rings. The average molecular weight is 288 g/mol. The third kappa shape index (κ3) is 4.28. The van der Waals surface area contributed by atoms with Crippen LogP contribution in [0.15, 0.2) is 0 Å². The molecule has 0 aliphatic carbocycles. The predicted molar refractivity (Wildman–Crippen MR) is 72.5 cm³/mol. The fourth-order valence-corrected chi connectivity index (χ4v) is 3.26. The number of urea groups is 1. The van der Waals surface area contributed by atoms with Crippen LogP contribution in [0.4, 0.5) is 4.79 Å². The van der Waals surface area contributed by atoms with Gasteiger partial charge in [-0.25, -0.2) is 9.59 Å². The van der Waals surface area contributed by atoms with Crippen molar-refractivity contribution in [1.29, 1.82) is 0 Å². The SMILES string of the molecule is O=C(O)COC1CCN(C(=O)N2CCSCC2)CC1. The van der Waals surface area contributed by atoms with Crippen LogP contribution >= 0.6 is 11.8 Å². The zero-order valence-corrected chi connectivity index (χ0v) is 11.7. The van der Waals surface area contributed by atoms with Gasteiger partial charge in [-0.3, -0.25) is 0 Å². The van der Waals surface area contributed by atoms with Crippen LogP contribution in [0.3, 0.4) is 0 Å². The van der Waals surface area contributed by atoms with Crippen LogP contribution in [-0.2, 0) is 9.53 Å². The third-order valence-corrected chi connectivity index (χ3v) is 4.38. The fraction of sp³-hybridized carbons (Fsp3) is 0.833. The van der Waals surface area contributed by atoms with E-state index in [1.54, 1.807) is 0 Å². The lowest BCUT2D eigenvalue weighted by atomic mass is 10.1. The maximum Gasteiger partial charge on any atom is 0.329 e. The second kappa shape index (κ2) is 7.00. The van der Waals surface area contributed by atoms with E-state index in [1.165, 1.54) is 0 Å². The van der Waals surface area contributed by atoms with E-state index in [1.807, 2.05) is 21.6 Å². The van der Waals surface area contributed by atoms with Gasteiger partial charge in [0.1, 0.15) is 6.61 Å². The number of likely N-dealkylation sites (tertiary alicyclic amines) is 1. The van der Waals surface area contributed by atoms with Gasteiger partial charge in [-0.15, -0.1) is 0 Å². The van der Waals surface area contributed by atoms with Gasteiger partial charge in [-0.05, 0) is 12.8 Å². The van der Waals surface area contributed by atoms with Crippen LogP contribution in [0, 0.1) is 0 Å². The number of aliphatic carboxylic acids is 1. The summed E-state index contributed by atoms with van der Waals surface area (Å²) >= 11 is 1.88. The van der Waals surface area contributed by atoms with Crippen LogP contribution in [0.5, 0.6) is 0 Å². The highest BCUT2D eigenvalue weighted by Gasteiger charge is 2.27. The maximum absolute atomic E-state index is 12.2. The molecule has 0 saturated carbocycles. The molecule has 0 aromatic carbocycles. The largest absolute Gasteiger partial charge is 0.480 e. The molecule has 0 aromatic heterocycles. The molecule has 6 nitrogen and oxygen atoms in total. The Morgan fingerprint density at radius 2 is 1.68 bits per heavy atom. The number of nitrogens with zero attached hydrogens (tertiary/aromatic N) is 2. The second-order valence-corrected chi connectivity index (χ2v) is 6.00. The number of rotatable bonds is 3. The van der Waals surface area contributed by atoms with Gasteiger partial charge in [-0.1, -0.05) is 0 Å². The molecule has 1 N–H and O–H groups in total. The van der Waals surface area contributed by atoms with Crippen molar-refractivity contribution >= 4 is 23.8 Å². The minimum atomic E-state index is -0.940. The van der Waals surface area contributed by atoms with Gasteiger partial charge in [0.2, 0.25) is 0 Å². The van der Waals surface area contributed by atoms with Gasteiger partial charge in [0.25, 0.3) is 0 Å². The van der Waals surface area contributed by atoms with Crippen molar-refractivity contribution in [2.45, 2.75) is 18.9 Å². The monoisotopic (exact) mass is 288 g/mol. The van der Waals surface area contributed by atoms with Crippen molar-refractivity contribution in [2.24, 2.45) is 0 Å². The van der Waals surface area contributed by atoms with Crippen molar-refractivity contribution in [3.63, 3.8) is 0 Å². The van der Waals surface area contributed by atoms with Crippen molar-refractivity contribution in [2.75, 3.05) is 44.3 Å². The summed E-state index contributed by atoms with van der Waals surface area (Å²) in [5, 5.41) is 8.56. The Bertz CT molecular complexity index is 326. The molecule has 2 aliphatic heterocycles. The molecule has 0 radical (unpaired) electrons. The molecule has 0 aromatic rings. The maximum atomic E-state index is 12.2. The number of amides is 2. The zero-order chi connectivity index (χ0) is 13.7. The first-order valence-electron chi connectivity index (χ1n) is 6.62. The lowest BCUT2D eigenvalue weighted by Crippen LogP contribution is -2.50. The number of carboxylic acid groups (broad SMARTS) is 1. The lowest BCUT2D eigenvalue weighted by molar-refractivity contribution is -0.145. The van der Waals surface area contributed by atoms with Crippen molar-refractivity contribution in [1.82, 2.24) is 9.80 Å². The van der Waals surface area contributed by atoms with E-state index in [-0.39, 0.29) is 18.7 Å². The number of ether oxygens (including phenoxy) is 1.